The third-order valence-electron chi connectivity index (χ3n) is 7.46. The van der Waals surface area contributed by atoms with Crippen LogP contribution in [0.2, 0.25) is 10.0 Å². The van der Waals surface area contributed by atoms with Crippen molar-refractivity contribution in [1.29, 1.82) is 0 Å². The highest BCUT2D eigenvalue weighted by Gasteiger charge is 2.42. The fourth-order valence-corrected chi connectivity index (χ4v) is 6.88. The zero-order valence-electron chi connectivity index (χ0n) is 22.2. The second kappa shape index (κ2) is 12.0. The molecule has 0 atom stereocenters. The predicted octanol–water partition coefficient (Wildman–Crippen LogP) is 7.84. The van der Waals surface area contributed by atoms with Crippen molar-refractivity contribution in [3.63, 3.8) is 0 Å². The van der Waals surface area contributed by atoms with Crippen molar-refractivity contribution < 1.29 is 14.3 Å². The molecule has 5 nitrogen and oxygen atoms in total. The molecule has 0 bridgehead atoms. The van der Waals surface area contributed by atoms with Crippen LogP contribution < -0.4 is 10.5 Å². The van der Waals surface area contributed by atoms with Crippen LogP contribution in [-0.2, 0) is 10.2 Å². The number of likely N-dealkylation sites (tertiary alicyclic amines) is 1. The number of hydrogen-bond acceptors (Lipinski definition) is 4. The lowest BCUT2D eigenvalue weighted by molar-refractivity contribution is -0.125. The molecule has 8 heteroatoms. The summed E-state index contributed by atoms with van der Waals surface area (Å²) in [6.07, 6.45) is 1.89. The molecule has 1 aliphatic rings. The van der Waals surface area contributed by atoms with E-state index >= 15 is 0 Å². The van der Waals surface area contributed by atoms with Crippen LogP contribution in [0.1, 0.15) is 41.4 Å². The standard InChI is InChI=1S/C32H30Cl2N2O3S/c1-2-18-39-24-11-8-21(9-12-24)29-26(25-13-10-23(33)19-27(25)34)20-28(40-29)30(37)36-16-14-32(15-17-36,31(35)38)22-6-4-3-5-7-22/h3-13,19-20H,2,14-18H2,1H3,(H2,35,38). The molecule has 3 aromatic carbocycles. The highest BCUT2D eigenvalue weighted by molar-refractivity contribution is 7.18. The van der Waals surface area contributed by atoms with E-state index in [1.807, 2.05) is 71.6 Å². The topological polar surface area (TPSA) is 72.6 Å². The molecule has 206 valence electrons. The number of primary amides is 1. The molecule has 2 heterocycles. The van der Waals surface area contributed by atoms with E-state index in [1.54, 1.807) is 12.1 Å². The van der Waals surface area contributed by atoms with Crippen LogP contribution in [0.4, 0.5) is 0 Å². The number of nitrogens with zero attached hydrogens (tertiary/aromatic N) is 1. The van der Waals surface area contributed by atoms with Crippen molar-refractivity contribution in [2.75, 3.05) is 19.7 Å². The van der Waals surface area contributed by atoms with Crippen molar-refractivity contribution in [3.05, 3.63) is 99.3 Å². The van der Waals surface area contributed by atoms with Crippen molar-refractivity contribution in [1.82, 2.24) is 4.90 Å². The molecule has 40 heavy (non-hydrogen) atoms. The van der Waals surface area contributed by atoms with Crippen molar-refractivity contribution in [3.8, 4) is 27.3 Å². The lowest BCUT2D eigenvalue weighted by Gasteiger charge is -2.40. The maximum atomic E-state index is 13.8. The van der Waals surface area contributed by atoms with E-state index in [0.717, 1.165) is 39.3 Å². The van der Waals surface area contributed by atoms with Gasteiger partial charge in [0.25, 0.3) is 5.91 Å². The van der Waals surface area contributed by atoms with Crippen molar-refractivity contribution >= 4 is 46.4 Å². The summed E-state index contributed by atoms with van der Waals surface area (Å²) in [7, 11) is 0. The Morgan fingerprint density at radius 3 is 2.27 bits per heavy atom. The second-order valence-corrected chi connectivity index (χ2v) is 11.9. The molecule has 5 rings (SSSR count). The number of hydrogen-bond donors (Lipinski definition) is 1. The van der Waals surface area contributed by atoms with Gasteiger partial charge in [-0.15, -0.1) is 11.3 Å². The number of halogens is 2. The number of rotatable bonds is 8. The van der Waals surface area contributed by atoms with Gasteiger partial charge < -0.3 is 15.4 Å². The summed E-state index contributed by atoms with van der Waals surface area (Å²) >= 11 is 14.2. The molecule has 0 radical (unpaired) electrons. The number of thiophene rings is 1. The lowest BCUT2D eigenvalue weighted by atomic mass is 9.72. The maximum Gasteiger partial charge on any atom is 0.263 e. The Bertz CT molecular complexity index is 1510. The molecule has 0 aliphatic carbocycles. The van der Waals surface area contributed by atoms with E-state index < -0.39 is 5.41 Å². The first-order valence-electron chi connectivity index (χ1n) is 13.3. The first-order valence-corrected chi connectivity index (χ1v) is 14.9. The minimum Gasteiger partial charge on any atom is -0.494 e. The van der Waals surface area contributed by atoms with Gasteiger partial charge in [0.2, 0.25) is 5.91 Å². The molecule has 1 aliphatic heterocycles. The normalized spacial score (nSPS) is 14.6. The molecule has 0 spiro atoms. The third kappa shape index (κ3) is 5.62. The summed E-state index contributed by atoms with van der Waals surface area (Å²) in [4.78, 5) is 29.8. The van der Waals surface area contributed by atoms with Crippen LogP contribution in [0.5, 0.6) is 5.75 Å². The Kier molecular flexibility index (Phi) is 8.50. The fraction of sp³-hybridized carbons (Fsp3) is 0.250. The van der Waals surface area contributed by atoms with E-state index in [4.69, 9.17) is 33.7 Å². The van der Waals surface area contributed by atoms with E-state index in [9.17, 15) is 9.59 Å². The minimum atomic E-state index is -0.776. The molecule has 0 saturated carbocycles. The van der Waals surface area contributed by atoms with Crippen LogP contribution >= 0.6 is 34.5 Å². The van der Waals surface area contributed by atoms with Gasteiger partial charge >= 0.3 is 0 Å². The summed E-state index contributed by atoms with van der Waals surface area (Å²) in [5.41, 5.74) is 8.67. The molecule has 1 aromatic heterocycles. The van der Waals surface area contributed by atoms with Gasteiger partial charge in [-0.25, -0.2) is 0 Å². The molecule has 4 aromatic rings. The number of nitrogens with two attached hydrogens (primary N) is 1. The Hall–Kier alpha value is -3.32. The van der Waals surface area contributed by atoms with Gasteiger partial charge in [-0.3, -0.25) is 9.59 Å². The summed E-state index contributed by atoms with van der Waals surface area (Å²) in [5.74, 6) is 0.376. The fourth-order valence-electron chi connectivity index (χ4n) is 5.22. The Morgan fingerprint density at radius 1 is 0.950 bits per heavy atom. The number of piperidine rings is 1. The van der Waals surface area contributed by atoms with Crippen LogP contribution in [-0.4, -0.2) is 36.4 Å². The smallest absolute Gasteiger partial charge is 0.263 e. The Balaban J connectivity index is 1.46. The van der Waals surface area contributed by atoms with E-state index in [1.165, 1.54) is 11.3 Å². The summed E-state index contributed by atoms with van der Waals surface area (Å²) < 4.78 is 5.76. The largest absolute Gasteiger partial charge is 0.494 e. The maximum absolute atomic E-state index is 13.8. The summed E-state index contributed by atoms with van der Waals surface area (Å²) in [6, 6.07) is 24.8. The highest BCUT2D eigenvalue weighted by Crippen LogP contribution is 2.44. The van der Waals surface area contributed by atoms with Crippen LogP contribution in [0.3, 0.4) is 0 Å². The number of amides is 2. The molecule has 2 amide bonds. The average Bonchev–Trinajstić information content (AvgIpc) is 3.41. The second-order valence-electron chi connectivity index (χ2n) is 9.96. The van der Waals surface area contributed by atoms with Crippen LogP contribution in [0.15, 0.2) is 78.9 Å². The van der Waals surface area contributed by atoms with E-state index in [0.29, 0.717) is 47.5 Å². The quantitative estimate of drug-likeness (QED) is 0.226. The average molecular weight is 594 g/mol. The van der Waals surface area contributed by atoms with Crippen LogP contribution in [0.25, 0.3) is 21.6 Å². The van der Waals surface area contributed by atoms with Crippen molar-refractivity contribution in [2.45, 2.75) is 31.6 Å². The van der Waals surface area contributed by atoms with E-state index in [-0.39, 0.29) is 11.8 Å². The van der Waals surface area contributed by atoms with Gasteiger partial charge in [-0.2, -0.15) is 0 Å². The molecule has 0 unspecified atom stereocenters. The van der Waals surface area contributed by atoms with Crippen molar-refractivity contribution in [2.24, 2.45) is 5.73 Å². The molecular formula is C32H30Cl2N2O3S. The molecular weight excluding hydrogens is 563 g/mol. The molecule has 1 saturated heterocycles. The molecule has 1 fully saturated rings. The van der Waals surface area contributed by atoms with Gasteiger partial charge in [-0.05, 0) is 72.9 Å². The Labute approximate surface area is 248 Å². The molecule has 2 N–H and O–H groups in total. The number of benzene rings is 3. The zero-order chi connectivity index (χ0) is 28.3. The zero-order valence-corrected chi connectivity index (χ0v) is 24.5. The third-order valence-corrected chi connectivity index (χ3v) is 9.18. The van der Waals surface area contributed by atoms with E-state index in [2.05, 4.69) is 6.92 Å². The van der Waals surface area contributed by atoms with Gasteiger partial charge in [0, 0.05) is 39.1 Å². The SMILES string of the molecule is CCCOc1ccc(-c2sc(C(=O)N3CCC(C(N)=O)(c4ccccc4)CC3)cc2-c2ccc(Cl)cc2Cl)cc1. The van der Waals surface area contributed by atoms with Gasteiger partial charge in [-0.1, -0.05) is 66.5 Å². The predicted molar refractivity (Wildman–Crippen MR) is 163 cm³/mol. The highest BCUT2D eigenvalue weighted by atomic mass is 35.5. The first kappa shape index (κ1) is 28.2. The Morgan fingerprint density at radius 2 is 1.65 bits per heavy atom. The number of carbonyl (C=O) groups is 2. The summed E-state index contributed by atoms with van der Waals surface area (Å²) in [6.45, 7) is 3.59. The number of carbonyl (C=O) groups excluding carboxylic acids is 2. The monoisotopic (exact) mass is 592 g/mol. The van der Waals surface area contributed by atoms with Crippen LogP contribution in [0, 0.1) is 0 Å². The number of ether oxygens (including phenoxy) is 1. The van der Waals surface area contributed by atoms with Gasteiger partial charge in [0.1, 0.15) is 5.75 Å². The van der Waals surface area contributed by atoms with Gasteiger partial charge in [0.15, 0.2) is 0 Å². The lowest BCUT2D eigenvalue weighted by Crippen LogP contribution is -2.51. The first-order chi connectivity index (χ1) is 19.3. The van der Waals surface area contributed by atoms with Gasteiger partial charge in [0.05, 0.1) is 16.9 Å². The summed E-state index contributed by atoms with van der Waals surface area (Å²) in [5, 5.41) is 1.06. The minimum absolute atomic E-state index is 0.0726.